The third-order valence-corrected chi connectivity index (χ3v) is 5.68. The minimum Gasteiger partial charge on any atom is -0.310 e. The van der Waals surface area contributed by atoms with Gasteiger partial charge in [0.2, 0.25) is 0 Å². The first-order chi connectivity index (χ1) is 12.3. The molecule has 2 heterocycles. The normalized spacial score (nSPS) is 22.4. The summed E-state index contributed by atoms with van der Waals surface area (Å²) in [5.74, 6) is 0.161. The van der Waals surface area contributed by atoms with Crippen LogP contribution in [0, 0.1) is 0 Å². The first-order valence-corrected chi connectivity index (χ1v) is 9.18. The summed E-state index contributed by atoms with van der Waals surface area (Å²) in [4.78, 5) is 22.4. The molecule has 4 nitrogen and oxygen atoms in total. The number of nitrogens with zero attached hydrogens (tertiary/aromatic N) is 3. The molecule has 2 aliphatic heterocycles. The molecule has 126 valence electrons. The lowest BCUT2D eigenvalue weighted by Crippen LogP contribution is -2.54. The third kappa shape index (κ3) is 2.20. The van der Waals surface area contributed by atoms with Gasteiger partial charge in [-0.2, -0.15) is 0 Å². The highest BCUT2D eigenvalue weighted by molar-refractivity contribution is 6.06. The second-order valence-electron chi connectivity index (χ2n) is 7.11. The Balaban J connectivity index is 1.69. The summed E-state index contributed by atoms with van der Waals surface area (Å²) in [6.45, 7) is 0. The van der Waals surface area contributed by atoms with E-state index in [1.54, 1.807) is 0 Å². The van der Waals surface area contributed by atoms with Crippen LogP contribution < -0.4 is 4.90 Å². The Morgan fingerprint density at radius 1 is 0.920 bits per heavy atom. The first-order valence-electron chi connectivity index (χ1n) is 9.18. The van der Waals surface area contributed by atoms with Gasteiger partial charge in [0, 0.05) is 11.6 Å². The van der Waals surface area contributed by atoms with Crippen LogP contribution in [-0.2, 0) is 0 Å². The summed E-state index contributed by atoms with van der Waals surface area (Å²) >= 11 is 0. The molecule has 2 aromatic rings. The molecule has 0 N–H and O–H groups in total. The Morgan fingerprint density at radius 2 is 1.68 bits per heavy atom. The van der Waals surface area contributed by atoms with E-state index in [4.69, 9.17) is 0 Å². The van der Waals surface area contributed by atoms with Gasteiger partial charge in [-0.1, -0.05) is 49.6 Å². The van der Waals surface area contributed by atoms with Crippen molar-refractivity contribution in [1.82, 2.24) is 4.90 Å². The highest BCUT2D eigenvalue weighted by Crippen LogP contribution is 2.45. The topological polar surface area (TPSA) is 35.9 Å². The summed E-state index contributed by atoms with van der Waals surface area (Å²) in [6.07, 6.45) is 7.70. The van der Waals surface area contributed by atoms with E-state index in [2.05, 4.69) is 20.9 Å². The van der Waals surface area contributed by atoms with Crippen molar-refractivity contribution < 1.29 is 4.79 Å². The molecule has 0 saturated heterocycles. The SMILES string of the molecule is O=C1c2ccccc2N2C=Nc3ccccc3C2N1C1CCCCC1. The third-order valence-electron chi connectivity index (χ3n) is 5.68. The van der Waals surface area contributed by atoms with Gasteiger partial charge in [0.25, 0.3) is 5.91 Å². The Kier molecular flexibility index (Phi) is 3.37. The molecule has 1 fully saturated rings. The number of rotatable bonds is 1. The Bertz CT molecular complexity index is 854. The molecule has 25 heavy (non-hydrogen) atoms. The quantitative estimate of drug-likeness (QED) is 0.762. The van der Waals surface area contributed by atoms with Crippen molar-refractivity contribution in [3.8, 4) is 0 Å². The number of amides is 1. The maximum atomic E-state index is 13.4. The molecule has 0 bridgehead atoms. The molecule has 3 aliphatic rings. The standard InChI is InChI=1S/C21H21N3O/c25-21-17-11-5-7-13-19(17)23-14-22-18-12-6-4-10-16(18)20(23)24(21)15-8-2-1-3-9-15/h4-7,10-15,20H,1-3,8-9H2. The summed E-state index contributed by atoms with van der Waals surface area (Å²) in [6, 6.07) is 16.4. The molecule has 4 heteroatoms. The van der Waals surface area contributed by atoms with E-state index in [9.17, 15) is 4.79 Å². The molecule has 1 aliphatic carbocycles. The number of carbonyl (C=O) groups is 1. The average molecular weight is 331 g/mol. The van der Waals surface area contributed by atoms with Crippen LogP contribution in [0.3, 0.4) is 0 Å². The van der Waals surface area contributed by atoms with Crippen molar-refractivity contribution in [2.45, 2.75) is 44.3 Å². The van der Waals surface area contributed by atoms with E-state index >= 15 is 0 Å². The largest absolute Gasteiger partial charge is 0.310 e. The van der Waals surface area contributed by atoms with Crippen molar-refractivity contribution in [2.75, 3.05) is 4.90 Å². The van der Waals surface area contributed by atoms with Crippen LogP contribution in [0.2, 0.25) is 0 Å². The van der Waals surface area contributed by atoms with Gasteiger partial charge >= 0.3 is 0 Å². The smallest absolute Gasteiger partial charge is 0.258 e. The lowest BCUT2D eigenvalue weighted by atomic mass is 9.90. The highest BCUT2D eigenvalue weighted by Gasteiger charge is 2.43. The van der Waals surface area contributed by atoms with Crippen LogP contribution in [0.4, 0.5) is 11.4 Å². The van der Waals surface area contributed by atoms with Gasteiger partial charge in [-0.15, -0.1) is 0 Å². The molecule has 2 aromatic carbocycles. The number of carbonyl (C=O) groups excluding carboxylic acids is 1. The first kappa shape index (κ1) is 14.7. The van der Waals surface area contributed by atoms with E-state index < -0.39 is 0 Å². The van der Waals surface area contributed by atoms with Crippen LogP contribution >= 0.6 is 0 Å². The molecular weight excluding hydrogens is 310 g/mol. The monoisotopic (exact) mass is 331 g/mol. The predicted molar refractivity (Wildman–Crippen MR) is 99.3 cm³/mol. The lowest BCUT2D eigenvalue weighted by molar-refractivity contribution is 0.0495. The maximum absolute atomic E-state index is 13.4. The number of hydrogen-bond acceptors (Lipinski definition) is 3. The highest BCUT2D eigenvalue weighted by atomic mass is 16.2. The van der Waals surface area contributed by atoms with Crippen molar-refractivity contribution in [2.24, 2.45) is 4.99 Å². The van der Waals surface area contributed by atoms with E-state index in [-0.39, 0.29) is 12.1 Å². The van der Waals surface area contributed by atoms with Crippen molar-refractivity contribution in [3.63, 3.8) is 0 Å². The minimum atomic E-state index is -0.0841. The van der Waals surface area contributed by atoms with Crippen LogP contribution in [0.25, 0.3) is 0 Å². The molecule has 0 radical (unpaired) electrons. The second kappa shape index (κ2) is 5.73. The molecule has 0 aromatic heterocycles. The molecule has 5 rings (SSSR count). The van der Waals surface area contributed by atoms with E-state index in [1.807, 2.05) is 48.8 Å². The Hall–Kier alpha value is -2.62. The van der Waals surface area contributed by atoms with Crippen LogP contribution in [0.15, 0.2) is 53.5 Å². The number of aliphatic imine (C=N–C) groups is 1. The van der Waals surface area contributed by atoms with Crippen LogP contribution in [-0.4, -0.2) is 23.2 Å². The fraction of sp³-hybridized carbons (Fsp3) is 0.333. The average Bonchev–Trinajstić information content (AvgIpc) is 2.69. The zero-order valence-electron chi connectivity index (χ0n) is 14.1. The van der Waals surface area contributed by atoms with Crippen molar-refractivity contribution in [3.05, 3.63) is 59.7 Å². The fourth-order valence-electron chi connectivity index (χ4n) is 4.49. The number of benzene rings is 2. The summed E-state index contributed by atoms with van der Waals surface area (Å²) < 4.78 is 0. The lowest BCUT2D eigenvalue weighted by Gasteiger charge is -2.49. The summed E-state index contributed by atoms with van der Waals surface area (Å²) in [5.41, 5.74) is 3.84. The van der Waals surface area contributed by atoms with Gasteiger partial charge in [-0.25, -0.2) is 4.99 Å². The van der Waals surface area contributed by atoms with Crippen molar-refractivity contribution >= 4 is 23.6 Å². The summed E-state index contributed by atoms with van der Waals surface area (Å²) in [5, 5.41) is 0. The van der Waals surface area contributed by atoms with E-state index in [0.29, 0.717) is 6.04 Å². The molecular formula is C21H21N3O. The van der Waals surface area contributed by atoms with Gasteiger partial charge in [0.05, 0.1) is 23.3 Å². The Labute approximate surface area is 147 Å². The molecule has 1 saturated carbocycles. The van der Waals surface area contributed by atoms with Crippen LogP contribution in [0.1, 0.15) is 54.2 Å². The summed E-state index contributed by atoms with van der Waals surface area (Å²) in [7, 11) is 0. The predicted octanol–water partition coefficient (Wildman–Crippen LogP) is 4.65. The van der Waals surface area contributed by atoms with Gasteiger partial charge < -0.3 is 9.80 Å². The number of hydrogen-bond donors (Lipinski definition) is 0. The molecule has 1 unspecified atom stereocenters. The van der Waals surface area contributed by atoms with Gasteiger partial charge in [0.1, 0.15) is 6.17 Å². The zero-order valence-corrected chi connectivity index (χ0v) is 14.1. The number of fused-ring (bicyclic) bond motifs is 5. The Morgan fingerprint density at radius 3 is 2.56 bits per heavy atom. The van der Waals surface area contributed by atoms with Gasteiger partial charge in [-0.05, 0) is 31.0 Å². The number of anilines is 1. The fourth-order valence-corrected chi connectivity index (χ4v) is 4.49. The van der Waals surface area contributed by atoms with Gasteiger partial charge in [-0.3, -0.25) is 4.79 Å². The molecule has 1 atom stereocenters. The van der Waals surface area contributed by atoms with Crippen molar-refractivity contribution in [1.29, 1.82) is 0 Å². The van der Waals surface area contributed by atoms with E-state index in [0.717, 1.165) is 35.3 Å². The van der Waals surface area contributed by atoms with Gasteiger partial charge in [0.15, 0.2) is 0 Å². The second-order valence-corrected chi connectivity index (χ2v) is 7.11. The zero-order chi connectivity index (χ0) is 16.8. The maximum Gasteiger partial charge on any atom is 0.258 e. The van der Waals surface area contributed by atoms with Crippen LogP contribution in [0.5, 0.6) is 0 Å². The molecule has 0 spiro atoms. The molecule has 1 amide bonds. The number of para-hydroxylation sites is 2. The minimum absolute atomic E-state index is 0.0841. The van der Waals surface area contributed by atoms with E-state index in [1.165, 1.54) is 19.3 Å².